The van der Waals surface area contributed by atoms with E-state index in [1.807, 2.05) is 26.1 Å². The van der Waals surface area contributed by atoms with Gasteiger partial charge in [0.2, 0.25) is 0 Å². The summed E-state index contributed by atoms with van der Waals surface area (Å²) in [6, 6.07) is 6.61. The summed E-state index contributed by atoms with van der Waals surface area (Å²) in [5.74, 6) is 1.66. The molecule has 1 saturated carbocycles. The average molecular weight is 393 g/mol. The number of ether oxygens (including phenoxy) is 1. The van der Waals surface area contributed by atoms with Gasteiger partial charge in [0.05, 0.1) is 37.1 Å². The molecule has 29 heavy (non-hydrogen) atoms. The number of morpholine rings is 1. The lowest BCUT2D eigenvalue weighted by molar-refractivity contribution is 0.122. The zero-order valence-corrected chi connectivity index (χ0v) is 17.1. The van der Waals surface area contributed by atoms with E-state index in [9.17, 15) is 5.26 Å². The van der Waals surface area contributed by atoms with Crippen molar-refractivity contribution < 1.29 is 4.74 Å². The van der Waals surface area contributed by atoms with Crippen molar-refractivity contribution in [3.63, 3.8) is 0 Å². The van der Waals surface area contributed by atoms with Crippen molar-refractivity contribution in [2.45, 2.75) is 44.9 Å². The molecule has 0 amide bonds. The molecule has 0 spiro atoms. The molecule has 1 aliphatic carbocycles. The lowest BCUT2D eigenvalue weighted by Gasteiger charge is -2.30. The van der Waals surface area contributed by atoms with Crippen LogP contribution in [-0.2, 0) is 10.2 Å². The second-order valence-corrected chi connectivity index (χ2v) is 7.26. The average Bonchev–Trinajstić information content (AvgIpc) is 3.55. The van der Waals surface area contributed by atoms with Crippen molar-refractivity contribution in [3.8, 4) is 11.9 Å². The number of hydrogen-bond donors (Lipinski definition) is 1. The molecule has 8 nitrogen and oxygen atoms in total. The highest BCUT2D eigenvalue weighted by molar-refractivity contribution is 5.84. The Morgan fingerprint density at radius 2 is 1.97 bits per heavy atom. The molecule has 3 aromatic heterocycles. The number of nitriles is 1. The number of anilines is 1. The van der Waals surface area contributed by atoms with Crippen LogP contribution in [0, 0.1) is 11.3 Å². The molecule has 1 saturated heterocycles. The van der Waals surface area contributed by atoms with Crippen molar-refractivity contribution in [2.24, 2.45) is 0 Å². The lowest BCUT2D eigenvalue weighted by atomic mass is 9.79. The van der Waals surface area contributed by atoms with Crippen molar-refractivity contribution in [3.05, 3.63) is 30.1 Å². The van der Waals surface area contributed by atoms with Gasteiger partial charge in [0.15, 0.2) is 11.5 Å². The first-order chi connectivity index (χ1) is 14.3. The maximum absolute atomic E-state index is 10.1. The van der Waals surface area contributed by atoms with E-state index in [-0.39, 0.29) is 0 Å². The van der Waals surface area contributed by atoms with E-state index >= 15 is 0 Å². The van der Waals surface area contributed by atoms with Gasteiger partial charge in [-0.15, -0.1) is 0 Å². The van der Waals surface area contributed by atoms with Gasteiger partial charge in [-0.05, 0) is 24.5 Å². The van der Waals surface area contributed by atoms with E-state index in [4.69, 9.17) is 9.72 Å². The van der Waals surface area contributed by atoms with Crippen molar-refractivity contribution in [1.82, 2.24) is 25.0 Å². The smallest absolute Gasteiger partial charge is 0.167 e. The van der Waals surface area contributed by atoms with Crippen LogP contribution in [0.1, 0.15) is 45.1 Å². The molecular formula is C21H27N7O. The number of rotatable bonds is 3. The van der Waals surface area contributed by atoms with E-state index in [1.165, 1.54) is 0 Å². The number of aromatic amines is 1. The van der Waals surface area contributed by atoms with Crippen LogP contribution in [-0.4, -0.2) is 51.3 Å². The molecule has 0 unspecified atom stereocenters. The van der Waals surface area contributed by atoms with E-state index in [2.05, 4.69) is 32.3 Å². The minimum Gasteiger partial charge on any atom is -0.378 e. The van der Waals surface area contributed by atoms with E-state index in [1.54, 1.807) is 10.9 Å². The number of H-pyrrole nitrogens is 1. The quantitative estimate of drug-likeness (QED) is 0.733. The van der Waals surface area contributed by atoms with Gasteiger partial charge >= 0.3 is 0 Å². The summed E-state index contributed by atoms with van der Waals surface area (Å²) in [5, 5.41) is 22.6. The van der Waals surface area contributed by atoms with Crippen LogP contribution >= 0.6 is 0 Å². The maximum Gasteiger partial charge on any atom is 0.167 e. The van der Waals surface area contributed by atoms with Gasteiger partial charge in [0, 0.05) is 24.5 Å². The number of nitrogens with zero attached hydrogens (tertiary/aromatic N) is 6. The van der Waals surface area contributed by atoms with Gasteiger partial charge in [0.1, 0.15) is 5.82 Å². The summed E-state index contributed by atoms with van der Waals surface area (Å²) in [6.45, 7) is 6.99. The third kappa shape index (κ3) is 3.36. The Morgan fingerprint density at radius 1 is 1.21 bits per heavy atom. The Hall–Kier alpha value is -2.92. The summed E-state index contributed by atoms with van der Waals surface area (Å²) < 4.78 is 7.27. The van der Waals surface area contributed by atoms with Crippen LogP contribution in [0.2, 0.25) is 0 Å². The molecule has 8 heteroatoms. The first kappa shape index (κ1) is 19.4. The number of aromatic nitrogens is 5. The van der Waals surface area contributed by atoms with Crippen LogP contribution in [0.5, 0.6) is 0 Å². The first-order valence-electron chi connectivity index (χ1n) is 10.4. The minimum absolute atomic E-state index is 0.454. The molecule has 0 aromatic carbocycles. The molecule has 2 fully saturated rings. The van der Waals surface area contributed by atoms with Crippen LogP contribution in [0.4, 0.5) is 5.82 Å². The van der Waals surface area contributed by atoms with Crippen LogP contribution < -0.4 is 4.90 Å². The Kier molecular flexibility index (Phi) is 5.49. The molecule has 0 bridgehead atoms. The molecule has 3 aromatic rings. The van der Waals surface area contributed by atoms with Gasteiger partial charge in [-0.25, -0.2) is 4.98 Å². The Labute approximate surface area is 170 Å². The Bertz CT molecular complexity index is 990. The standard InChI is InChI=1S/C19H21N7O.C2H6/c20-13-19(4-1-2-5-19)15-11-17(25-7-9-27-10-8-25)23-18-14(15)12-22-26(18)16-3-6-21-24-16;1-2/h3,6,11-12H,1-2,4-5,7-10H2,(H,21,24);1-2H3. The molecule has 1 N–H and O–H groups in total. The summed E-state index contributed by atoms with van der Waals surface area (Å²) in [7, 11) is 0. The predicted molar refractivity (Wildman–Crippen MR) is 111 cm³/mol. The second kappa shape index (κ2) is 8.21. The molecule has 5 rings (SSSR count). The molecule has 152 valence electrons. The first-order valence-corrected chi connectivity index (χ1v) is 10.4. The van der Waals surface area contributed by atoms with Gasteiger partial charge < -0.3 is 9.64 Å². The van der Waals surface area contributed by atoms with Crippen LogP contribution in [0.15, 0.2) is 24.5 Å². The third-order valence-corrected chi connectivity index (χ3v) is 5.76. The summed E-state index contributed by atoms with van der Waals surface area (Å²) >= 11 is 0. The molecule has 0 radical (unpaired) electrons. The maximum atomic E-state index is 10.1. The van der Waals surface area contributed by atoms with Gasteiger partial charge in [-0.3, -0.25) is 5.10 Å². The van der Waals surface area contributed by atoms with E-state index in [0.29, 0.717) is 13.2 Å². The third-order valence-electron chi connectivity index (χ3n) is 5.76. The summed E-state index contributed by atoms with van der Waals surface area (Å²) in [6.07, 6.45) is 7.47. The van der Waals surface area contributed by atoms with E-state index < -0.39 is 5.41 Å². The van der Waals surface area contributed by atoms with E-state index in [0.717, 1.165) is 67.0 Å². The van der Waals surface area contributed by atoms with Crippen molar-refractivity contribution in [2.75, 3.05) is 31.2 Å². The van der Waals surface area contributed by atoms with Gasteiger partial charge in [0.25, 0.3) is 0 Å². The summed E-state index contributed by atoms with van der Waals surface area (Å²) in [5.41, 5.74) is 1.36. The van der Waals surface area contributed by atoms with Gasteiger partial charge in [-0.2, -0.15) is 20.1 Å². The number of nitrogens with one attached hydrogen (secondary N) is 1. The van der Waals surface area contributed by atoms with Crippen molar-refractivity contribution in [1.29, 1.82) is 5.26 Å². The zero-order valence-electron chi connectivity index (χ0n) is 17.1. The fraction of sp³-hybridized carbons (Fsp3) is 0.524. The topological polar surface area (TPSA) is 95.7 Å². The largest absolute Gasteiger partial charge is 0.378 e. The van der Waals surface area contributed by atoms with Crippen LogP contribution in [0.3, 0.4) is 0 Å². The SMILES string of the molecule is CC.N#CC1(c2cc(N3CCOCC3)nc3c2cnn3-c2ccn[nH]2)CCCC1. The van der Waals surface area contributed by atoms with Gasteiger partial charge in [-0.1, -0.05) is 26.7 Å². The molecule has 0 atom stereocenters. The monoisotopic (exact) mass is 393 g/mol. The van der Waals surface area contributed by atoms with Crippen LogP contribution in [0.25, 0.3) is 16.9 Å². The zero-order chi connectivity index (χ0) is 20.3. The minimum atomic E-state index is -0.454. The fourth-order valence-electron chi connectivity index (χ4n) is 4.30. The molecule has 1 aliphatic heterocycles. The highest BCUT2D eigenvalue weighted by atomic mass is 16.5. The summed E-state index contributed by atoms with van der Waals surface area (Å²) in [4.78, 5) is 7.16. The molecular weight excluding hydrogens is 366 g/mol. The Balaban J connectivity index is 0.000000994. The number of fused-ring (bicyclic) bond motifs is 1. The second-order valence-electron chi connectivity index (χ2n) is 7.26. The fourth-order valence-corrected chi connectivity index (χ4v) is 4.30. The number of pyridine rings is 1. The van der Waals surface area contributed by atoms with Crippen molar-refractivity contribution >= 4 is 16.9 Å². The number of hydrogen-bond acceptors (Lipinski definition) is 6. The molecule has 2 aliphatic rings. The predicted octanol–water partition coefficient (Wildman–Crippen LogP) is 3.34. The lowest BCUT2D eigenvalue weighted by Crippen LogP contribution is -2.37. The molecule has 4 heterocycles. The Morgan fingerprint density at radius 3 is 2.62 bits per heavy atom. The highest BCUT2D eigenvalue weighted by Gasteiger charge is 2.38. The normalized spacial score (nSPS) is 18.3. The highest BCUT2D eigenvalue weighted by Crippen LogP contribution is 2.44.